The molecule has 0 saturated carbocycles. The molecule has 0 aromatic heterocycles. The van der Waals surface area contributed by atoms with E-state index in [1.165, 1.54) is 55.7 Å². The van der Waals surface area contributed by atoms with Gasteiger partial charge >= 0.3 is 0 Å². The van der Waals surface area contributed by atoms with E-state index in [-0.39, 0.29) is 0 Å². The minimum atomic E-state index is 0.591. The van der Waals surface area contributed by atoms with E-state index in [9.17, 15) is 0 Å². The summed E-state index contributed by atoms with van der Waals surface area (Å²) in [5, 5.41) is 3.48. The number of aryl methyl sites for hydroxylation is 1. The van der Waals surface area contributed by atoms with Gasteiger partial charge in [-0.15, -0.1) is 0 Å². The Morgan fingerprint density at radius 3 is 2.72 bits per heavy atom. The number of nitrogens with zero attached hydrogens (tertiary/aromatic N) is 1. The zero-order valence-electron chi connectivity index (χ0n) is 11.6. The molecule has 1 fully saturated rings. The summed E-state index contributed by atoms with van der Waals surface area (Å²) in [7, 11) is 0. The van der Waals surface area contributed by atoms with Gasteiger partial charge in [-0.05, 0) is 49.4 Å². The van der Waals surface area contributed by atoms with Crippen molar-refractivity contribution < 1.29 is 0 Å². The van der Waals surface area contributed by atoms with E-state index < -0.39 is 0 Å². The number of anilines is 2. The molecule has 2 heterocycles. The molecule has 1 saturated heterocycles. The molecule has 0 spiro atoms. The van der Waals surface area contributed by atoms with Gasteiger partial charge in [-0.2, -0.15) is 0 Å². The smallest absolute Gasteiger partial charge is 0.0374 e. The van der Waals surface area contributed by atoms with Crippen LogP contribution in [0.1, 0.15) is 38.7 Å². The third-order valence-corrected chi connectivity index (χ3v) is 4.94. The standard InChI is InChI=1S/C16H24N2/c1-3-16(4-2)11-18(12-16)14-7-8-15-13(10-14)6-5-9-17-15/h7-8,10,17H,3-6,9,11-12H2,1-2H3. The van der Waals surface area contributed by atoms with Crippen LogP contribution >= 0.6 is 0 Å². The molecule has 0 amide bonds. The van der Waals surface area contributed by atoms with Crippen LogP contribution in [0.3, 0.4) is 0 Å². The van der Waals surface area contributed by atoms with Gasteiger partial charge in [0, 0.05) is 36.4 Å². The quantitative estimate of drug-likeness (QED) is 0.872. The molecule has 0 unspecified atom stereocenters. The predicted molar refractivity (Wildman–Crippen MR) is 78.5 cm³/mol. The van der Waals surface area contributed by atoms with Gasteiger partial charge in [0.15, 0.2) is 0 Å². The van der Waals surface area contributed by atoms with E-state index in [0.29, 0.717) is 5.41 Å². The highest BCUT2D eigenvalue weighted by molar-refractivity contribution is 5.62. The van der Waals surface area contributed by atoms with Gasteiger partial charge in [0.2, 0.25) is 0 Å². The van der Waals surface area contributed by atoms with E-state index in [1.54, 1.807) is 0 Å². The van der Waals surface area contributed by atoms with E-state index >= 15 is 0 Å². The monoisotopic (exact) mass is 244 g/mol. The van der Waals surface area contributed by atoms with Crippen molar-refractivity contribution in [3.05, 3.63) is 23.8 Å². The van der Waals surface area contributed by atoms with Crippen LogP contribution in [0.4, 0.5) is 11.4 Å². The summed E-state index contributed by atoms with van der Waals surface area (Å²) in [6.45, 7) is 8.28. The first-order valence-electron chi connectivity index (χ1n) is 7.38. The number of rotatable bonds is 3. The molecular weight excluding hydrogens is 220 g/mol. The van der Waals surface area contributed by atoms with Gasteiger partial charge in [0.25, 0.3) is 0 Å². The Hall–Kier alpha value is -1.18. The number of fused-ring (bicyclic) bond motifs is 1. The fraction of sp³-hybridized carbons (Fsp3) is 0.625. The van der Waals surface area contributed by atoms with E-state index in [2.05, 4.69) is 42.3 Å². The zero-order chi connectivity index (χ0) is 12.6. The van der Waals surface area contributed by atoms with Crippen LogP contribution in [0.2, 0.25) is 0 Å². The van der Waals surface area contributed by atoms with Crippen molar-refractivity contribution in [3.8, 4) is 0 Å². The highest BCUT2D eigenvalue weighted by Gasteiger charge is 2.39. The van der Waals surface area contributed by atoms with E-state index in [0.717, 1.165) is 6.54 Å². The summed E-state index contributed by atoms with van der Waals surface area (Å²) in [4.78, 5) is 2.54. The Bertz CT molecular complexity index is 427. The lowest BCUT2D eigenvalue weighted by atomic mass is 9.75. The molecule has 98 valence electrons. The molecule has 2 nitrogen and oxygen atoms in total. The molecule has 3 rings (SSSR count). The van der Waals surface area contributed by atoms with Crippen molar-refractivity contribution in [2.45, 2.75) is 39.5 Å². The fourth-order valence-corrected chi connectivity index (χ4v) is 3.30. The normalized spacial score (nSPS) is 20.9. The van der Waals surface area contributed by atoms with Gasteiger partial charge in [0.05, 0.1) is 0 Å². The largest absolute Gasteiger partial charge is 0.385 e. The lowest BCUT2D eigenvalue weighted by molar-refractivity contribution is 0.194. The molecule has 0 aliphatic carbocycles. The van der Waals surface area contributed by atoms with Crippen LogP contribution < -0.4 is 10.2 Å². The molecule has 0 atom stereocenters. The Morgan fingerprint density at radius 2 is 2.00 bits per heavy atom. The number of benzene rings is 1. The van der Waals surface area contributed by atoms with Crippen molar-refractivity contribution >= 4 is 11.4 Å². The second kappa shape index (κ2) is 4.49. The first-order chi connectivity index (χ1) is 8.76. The fourth-order valence-electron chi connectivity index (χ4n) is 3.30. The SMILES string of the molecule is CCC1(CC)CN(c2ccc3c(c2)CCCN3)C1. The molecule has 1 aromatic carbocycles. The van der Waals surface area contributed by atoms with E-state index in [1.807, 2.05) is 0 Å². The van der Waals surface area contributed by atoms with Gasteiger partial charge < -0.3 is 10.2 Å². The minimum Gasteiger partial charge on any atom is -0.385 e. The number of hydrogen-bond donors (Lipinski definition) is 1. The van der Waals surface area contributed by atoms with Crippen LogP contribution in [0.25, 0.3) is 0 Å². The molecule has 18 heavy (non-hydrogen) atoms. The van der Waals surface area contributed by atoms with Crippen molar-refractivity contribution in [2.24, 2.45) is 5.41 Å². The molecule has 1 N–H and O–H groups in total. The lowest BCUT2D eigenvalue weighted by Gasteiger charge is -2.51. The van der Waals surface area contributed by atoms with Crippen molar-refractivity contribution in [2.75, 3.05) is 29.9 Å². The predicted octanol–water partition coefficient (Wildman–Crippen LogP) is 3.67. The topological polar surface area (TPSA) is 15.3 Å². The van der Waals surface area contributed by atoms with Crippen LogP contribution in [0, 0.1) is 5.41 Å². The number of hydrogen-bond acceptors (Lipinski definition) is 2. The second-order valence-electron chi connectivity index (χ2n) is 5.93. The highest BCUT2D eigenvalue weighted by atomic mass is 15.2. The summed E-state index contributed by atoms with van der Waals surface area (Å²) in [6.07, 6.45) is 5.13. The molecule has 2 aliphatic heterocycles. The van der Waals surface area contributed by atoms with Crippen LogP contribution in [0.5, 0.6) is 0 Å². The van der Waals surface area contributed by atoms with Gasteiger partial charge in [0.1, 0.15) is 0 Å². The second-order valence-corrected chi connectivity index (χ2v) is 5.93. The lowest BCUT2D eigenvalue weighted by Crippen LogP contribution is -2.55. The average molecular weight is 244 g/mol. The first kappa shape index (κ1) is 11.9. The molecule has 2 aliphatic rings. The molecule has 2 heteroatoms. The Morgan fingerprint density at radius 1 is 1.22 bits per heavy atom. The minimum absolute atomic E-state index is 0.591. The Balaban J connectivity index is 1.75. The van der Waals surface area contributed by atoms with Crippen molar-refractivity contribution in [1.82, 2.24) is 0 Å². The zero-order valence-corrected chi connectivity index (χ0v) is 11.6. The Kier molecular flexibility index (Phi) is 2.96. The van der Waals surface area contributed by atoms with Crippen LogP contribution in [-0.4, -0.2) is 19.6 Å². The first-order valence-corrected chi connectivity index (χ1v) is 7.38. The summed E-state index contributed by atoms with van der Waals surface area (Å²) in [5.41, 5.74) is 4.87. The highest BCUT2D eigenvalue weighted by Crippen LogP contribution is 2.40. The summed E-state index contributed by atoms with van der Waals surface area (Å²) in [5.74, 6) is 0. The molecule has 0 bridgehead atoms. The van der Waals surface area contributed by atoms with Crippen LogP contribution in [0.15, 0.2) is 18.2 Å². The molecular formula is C16H24N2. The van der Waals surface area contributed by atoms with Gasteiger partial charge in [-0.1, -0.05) is 13.8 Å². The maximum Gasteiger partial charge on any atom is 0.0374 e. The average Bonchev–Trinajstić information content (AvgIpc) is 2.38. The van der Waals surface area contributed by atoms with Crippen LogP contribution in [-0.2, 0) is 6.42 Å². The third-order valence-electron chi connectivity index (χ3n) is 4.94. The van der Waals surface area contributed by atoms with E-state index in [4.69, 9.17) is 0 Å². The van der Waals surface area contributed by atoms with Crippen molar-refractivity contribution in [1.29, 1.82) is 0 Å². The van der Waals surface area contributed by atoms with Crippen molar-refractivity contribution in [3.63, 3.8) is 0 Å². The maximum absolute atomic E-state index is 3.48. The summed E-state index contributed by atoms with van der Waals surface area (Å²) in [6, 6.07) is 6.95. The van der Waals surface area contributed by atoms with Gasteiger partial charge in [-0.25, -0.2) is 0 Å². The summed E-state index contributed by atoms with van der Waals surface area (Å²) >= 11 is 0. The number of nitrogens with one attached hydrogen (secondary N) is 1. The van der Waals surface area contributed by atoms with Gasteiger partial charge in [-0.3, -0.25) is 0 Å². The summed E-state index contributed by atoms with van der Waals surface area (Å²) < 4.78 is 0. The molecule has 1 aromatic rings. The third kappa shape index (κ3) is 1.88. The molecule has 0 radical (unpaired) electrons. The maximum atomic E-state index is 3.48. The Labute approximate surface area is 110 Å².